The van der Waals surface area contributed by atoms with Gasteiger partial charge in [0.15, 0.2) is 11.5 Å². The molecule has 1 saturated heterocycles. The third-order valence-electron chi connectivity index (χ3n) is 4.11. The Kier molecular flexibility index (Phi) is 6.88. The zero-order valence-corrected chi connectivity index (χ0v) is 18.3. The van der Waals surface area contributed by atoms with Crippen LogP contribution in [0, 0.1) is 0 Å². The van der Waals surface area contributed by atoms with E-state index < -0.39 is 0 Å². The molecule has 1 amide bonds. The van der Waals surface area contributed by atoms with E-state index in [9.17, 15) is 4.79 Å². The first-order valence-electron chi connectivity index (χ1n) is 8.43. The third-order valence-corrected chi connectivity index (χ3v) is 6.19. The fraction of sp³-hybridized carbons (Fsp3) is 0.200. The summed E-state index contributed by atoms with van der Waals surface area (Å²) < 4.78 is 11.9. The molecule has 146 valence electrons. The minimum atomic E-state index is -0.0786. The van der Waals surface area contributed by atoms with Crippen molar-refractivity contribution >= 4 is 63.5 Å². The molecule has 1 aliphatic rings. The lowest BCUT2D eigenvalue weighted by Crippen LogP contribution is -2.27. The predicted molar refractivity (Wildman–Crippen MR) is 119 cm³/mol. The van der Waals surface area contributed by atoms with Gasteiger partial charge in [-0.1, -0.05) is 59.3 Å². The van der Waals surface area contributed by atoms with E-state index in [0.29, 0.717) is 42.9 Å². The maximum atomic E-state index is 12.4. The molecule has 0 aromatic heterocycles. The molecule has 0 unspecified atom stereocenters. The molecule has 1 heterocycles. The number of thioether (sulfide) groups is 1. The molecule has 8 heteroatoms. The first-order valence-corrected chi connectivity index (χ1v) is 10.4. The van der Waals surface area contributed by atoms with Crippen molar-refractivity contribution in [3.05, 3.63) is 62.5 Å². The SMILES string of the molecule is CCN1C(=O)C(=Cc2ccc(OCc3c(Cl)cccc3Cl)c(OC)c2)SC1=S. The number of rotatable bonds is 6. The van der Waals surface area contributed by atoms with Crippen LogP contribution < -0.4 is 9.47 Å². The van der Waals surface area contributed by atoms with Crippen LogP contribution >= 0.6 is 47.2 Å². The van der Waals surface area contributed by atoms with Gasteiger partial charge in [0, 0.05) is 22.2 Å². The van der Waals surface area contributed by atoms with Crippen LogP contribution in [0.25, 0.3) is 6.08 Å². The van der Waals surface area contributed by atoms with Gasteiger partial charge in [-0.2, -0.15) is 0 Å². The lowest BCUT2D eigenvalue weighted by atomic mass is 10.1. The Morgan fingerprint density at radius 1 is 1.18 bits per heavy atom. The van der Waals surface area contributed by atoms with E-state index >= 15 is 0 Å². The lowest BCUT2D eigenvalue weighted by molar-refractivity contribution is -0.121. The molecular weight excluding hydrogens is 437 g/mol. The van der Waals surface area contributed by atoms with E-state index in [1.165, 1.54) is 11.8 Å². The smallest absolute Gasteiger partial charge is 0.266 e. The molecule has 2 aromatic rings. The summed E-state index contributed by atoms with van der Waals surface area (Å²) in [6.45, 7) is 2.67. The minimum Gasteiger partial charge on any atom is -0.493 e. The average molecular weight is 454 g/mol. The highest BCUT2D eigenvalue weighted by Gasteiger charge is 2.30. The number of likely N-dealkylation sites (N-methyl/N-ethyl adjacent to an activating group) is 1. The van der Waals surface area contributed by atoms with Crippen LogP contribution in [-0.4, -0.2) is 28.8 Å². The van der Waals surface area contributed by atoms with Gasteiger partial charge in [0.2, 0.25) is 0 Å². The standard InChI is InChI=1S/C20H17Cl2NO3S2/c1-3-23-19(24)18(28-20(23)27)10-12-7-8-16(17(9-12)25-2)26-11-13-14(21)5-4-6-15(13)22/h4-10H,3,11H2,1-2H3. The molecule has 0 saturated carbocycles. The van der Waals surface area contributed by atoms with Crippen LogP contribution in [0.5, 0.6) is 11.5 Å². The molecular formula is C20H17Cl2NO3S2. The molecule has 2 aromatic carbocycles. The van der Waals surface area contributed by atoms with Crippen molar-refractivity contribution in [3.8, 4) is 11.5 Å². The Labute approximate surface area is 183 Å². The normalized spacial score (nSPS) is 15.4. The van der Waals surface area contributed by atoms with E-state index in [1.807, 2.05) is 19.1 Å². The van der Waals surface area contributed by atoms with Gasteiger partial charge in [-0.3, -0.25) is 9.69 Å². The van der Waals surface area contributed by atoms with Crippen molar-refractivity contribution in [1.82, 2.24) is 4.90 Å². The highest BCUT2D eigenvalue weighted by Crippen LogP contribution is 2.35. The van der Waals surface area contributed by atoms with Crippen molar-refractivity contribution in [2.24, 2.45) is 0 Å². The van der Waals surface area contributed by atoms with Gasteiger partial charge in [-0.25, -0.2) is 0 Å². The summed E-state index contributed by atoms with van der Waals surface area (Å²) in [5, 5.41) is 1.09. The van der Waals surface area contributed by atoms with Gasteiger partial charge in [-0.15, -0.1) is 0 Å². The van der Waals surface area contributed by atoms with Gasteiger partial charge in [0.25, 0.3) is 5.91 Å². The zero-order chi connectivity index (χ0) is 20.3. The van der Waals surface area contributed by atoms with Crippen molar-refractivity contribution in [2.45, 2.75) is 13.5 Å². The fourth-order valence-corrected chi connectivity index (χ4v) is 4.53. The molecule has 0 atom stereocenters. The Morgan fingerprint density at radius 2 is 1.89 bits per heavy atom. The van der Waals surface area contributed by atoms with Crippen molar-refractivity contribution in [1.29, 1.82) is 0 Å². The van der Waals surface area contributed by atoms with E-state index in [4.69, 9.17) is 44.9 Å². The Morgan fingerprint density at radius 3 is 2.50 bits per heavy atom. The number of halogens is 2. The van der Waals surface area contributed by atoms with E-state index in [0.717, 1.165) is 5.56 Å². The average Bonchev–Trinajstić information content (AvgIpc) is 2.94. The van der Waals surface area contributed by atoms with Crippen LogP contribution in [0.3, 0.4) is 0 Å². The number of amides is 1. The molecule has 1 aliphatic heterocycles. The maximum absolute atomic E-state index is 12.4. The summed E-state index contributed by atoms with van der Waals surface area (Å²) in [7, 11) is 1.56. The van der Waals surface area contributed by atoms with E-state index in [2.05, 4.69) is 0 Å². The summed E-state index contributed by atoms with van der Waals surface area (Å²) in [4.78, 5) is 14.5. The molecule has 28 heavy (non-hydrogen) atoms. The zero-order valence-electron chi connectivity index (χ0n) is 15.2. The Balaban J connectivity index is 1.80. The number of thiocarbonyl (C=S) groups is 1. The number of methoxy groups -OCH3 is 1. The first kappa shape index (κ1) is 21.0. The van der Waals surface area contributed by atoms with Crippen LogP contribution in [-0.2, 0) is 11.4 Å². The van der Waals surface area contributed by atoms with Crippen molar-refractivity contribution < 1.29 is 14.3 Å². The number of hydrogen-bond acceptors (Lipinski definition) is 5. The maximum Gasteiger partial charge on any atom is 0.266 e. The molecule has 0 spiro atoms. The first-order chi connectivity index (χ1) is 13.4. The highest BCUT2D eigenvalue weighted by molar-refractivity contribution is 8.26. The van der Waals surface area contributed by atoms with Crippen LogP contribution in [0.2, 0.25) is 10.0 Å². The molecule has 0 N–H and O–H groups in total. The molecule has 4 nitrogen and oxygen atoms in total. The summed E-state index contributed by atoms with van der Waals surface area (Å²) in [5.41, 5.74) is 1.52. The molecule has 0 bridgehead atoms. The number of carbonyl (C=O) groups excluding carboxylic acids is 1. The van der Waals surface area contributed by atoms with Gasteiger partial charge >= 0.3 is 0 Å². The molecule has 1 fully saturated rings. The summed E-state index contributed by atoms with van der Waals surface area (Å²) in [5.74, 6) is 1.02. The second kappa shape index (κ2) is 9.18. The lowest BCUT2D eigenvalue weighted by Gasteiger charge is -2.13. The highest BCUT2D eigenvalue weighted by atomic mass is 35.5. The topological polar surface area (TPSA) is 38.8 Å². The fourth-order valence-electron chi connectivity index (χ4n) is 2.64. The number of nitrogens with zero attached hydrogens (tertiary/aromatic N) is 1. The molecule has 0 radical (unpaired) electrons. The number of benzene rings is 2. The third kappa shape index (κ3) is 4.46. The monoisotopic (exact) mass is 453 g/mol. The number of carbonyl (C=O) groups is 1. The summed E-state index contributed by atoms with van der Waals surface area (Å²) in [6.07, 6.45) is 1.80. The van der Waals surface area contributed by atoms with Crippen molar-refractivity contribution in [3.63, 3.8) is 0 Å². The summed E-state index contributed by atoms with van der Waals surface area (Å²) >= 11 is 18.9. The molecule has 3 rings (SSSR count). The van der Waals surface area contributed by atoms with Gasteiger partial charge in [0.05, 0.1) is 12.0 Å². The van der Waals surface area contributed by atoms with Gasteiger partial charge in [0.1, 0.15) is 10.9 Å². The van der Waals surface area contributed by atoms with Crippen LogP contribution in [0.15, 0.2) is 41.3 Å². The van der Waals surface area contributed by atoms with E-state index in [1.54, 1.807) is 42.4 Å². The molecule has 0 aliphatic carbocycles. The Bertz CT molecular complexity index is 942. The van der Waals surface area contributed by atoms with Gasteiger partial charge in [-0.05, 0) is 42.8 Å². The minimum absolute atomic E-state index is 0.0786. The van der Waals surface area contributed by atoms with E-state index in [-0.39, 0.29) is 12.5 Å². The number of hydrogen-bond donors (Lipinski definition) is 0. The number of ether oxygens (including phenoxy) is 2. The second-order valence-corrected chi connectivity index (χ2v) is 8.32. The van der Waals surface area contributed by atoms with Gasteiger partial charge < -0.3 is 9.47 Å². The quantitative estimate of drug-likeness (QED) is 0.407. The van der Waals surface area contributed by atoms with Crippen LogP contribution in [0.1, 0.15) is 18.1 Å². The van der Waals surface area contributed by atoms with Crippen LogP contribution in [0.4, 0.5) is 0 Å². The second-order valence-electron chi connectivity index (χ2n) is 5.83. The summed E-state index contributed by atoms with van der Waals surface area (Å²) in [6, 6.07) is 10.8. The largest absolute Gasteiger partial charge is 0.493 e. The predicted octanol–water partition coefficient (Wildman–Crippen LogP) is 5.80. The van der Waals surface area contributed by atoms with Crippen molar-refractivity contribution in [2.75, 3.05) is 13.7 Å². The Hall–Kier alpha value is -1.73.